The Morgan fingerprint density at radius 3 is 2.66 bits per heavy atom. The lowest BCUT2D eigenvalue weighted by Gasteiger charge is -2.27. The van der Waals surface area contributed by atoms with Crippen molar-refractivity contribution >= 4 is 45.0 Å². The van der Waals surface area contributed by atoms with Crippen LogP contribution in [0.3, 0.4) is 0 Å². The second-order valence-electron chi connectivity index (χ2n) is 7.69. The average Bonchev–Trinajstić information content (AvgIpc) is 3.25. The number of ether oxygens (including phenoxy) is 1. The van der Waals surface area contributed by atoms with Gasteiger partial charge in [-0.05, 0) is 23.8 Å². The van der Waals surface area contributed by atoms with E-state index in [0.29, 0.717) is 48.4 Å². The average molecular weight is 450 g/mol. The van der Waals surface area contributed by atoms with E-state index < -0.39 is 0 Å². The van der Waals surface area contributed by atoms with E-state index in [1.807, 2.05) is 54.7 Å². The Hall–Kier alpha value is -3.43. The molecule has 4 heterocycles. The van der Waals surface area contributed by atoms with E-state index in [-0.39, 0.29) is 5.43 Å². The summed E-state index contributed by atoms with van der Waals surface area (Å²) in [6, 6.07) is 11.4. The number of aromatic nitrogens is 2. The van der Waals surface area contributed by atoms with Crippen molar-refractivity contribution in [3.63, 3.8) is 0 Å². The molecule has 1 saturated heterocycles. The van der Waals surface area contributed by atoms with E-state index in [2.05, 4.69) is 20.2 Å². The van der Waals surface area contributed by atoms with E-state index in [0.717, 1.165) is 22.6 Å². The third-order valence-corrected chi connectivity index (χ3v) is 6.28. The molecule has 3 aromatic heterocycles. The summed E-state index contributed by atoms with van der Waals surface area (Å²) in [5.74, 6) is 1.96. The van der Waals surface area contributed by atoms with Crippen LogP contribution in [0.1, 0.15) is 0 Å². The van der Waals surface area contributed by atoms with Crippen molar-refractivity contribution in [3.05, 3.63) is 58.2 Å². The van der Waals surface area contributed by atoms with Gasteiger partial charge < -0.3 is 24.3 Å². The maximum absolute atomic E-state index is 12.7. The molecular formula is C23H23N5O3S. The molecule has 0 aliphatic carbocycles. The number of thiophene rings is 1. The van der Waals surface area contributed by atoms with Crippen molar-refractivity contribution in [3.8, 4) is 11.1 Å². The van der Waals surface area contributed by atoms with E-state index >= 15 is 0 Å². The number of morpholine rings is 1. The van der Waals surface area contributed by atoms with E-state index in [1.165, 1.54) is 11.3 Å². The fourth-order valence-electron chi connectivity index (χ4n) is 3.59. The Morgan fingerprint density at radius 2 is 1.91 bits per heavy atom. The molecule has 1 aliphatic heterocycles. The van der Waals surface area contributed by atoms with Gasteiger partial charge >= 0.3 is 0 Å². The lowest BCUT2D eigenvalue weighted by molar-refractivity contribution is 0.121. The molecule has 1 N–H and O–H groups in total. The predicted octanol–water partition coefficient (Wildman–Crippen LogP) is 3.96. The maximum atomic E-state index is 12.7. The summed E-state index contributed by atoms with van der Waals surface area (Å²) in [5.41, 5.74) is 3.38. The molecule has 9 heteroatoms. The number of hydrogen-bond donors (Lipinski definition) is 1. The Morgan fingerprint density at radius 1 is 1.12 bits per heavy atom. The highest BCUT2D eigenvalue weighted by Gasteiger charge is 2.18. The first-order valence-corrected chi connectivity index (χ1v) is 11.2. The fraction of sp³-hybridized carbons (Fsp3) is 0.261. The van der Waals surface area contributed by atoms with Gasteiger partial charge in [-0.3, -0.25) is 4.79 Å². The van der Waals surface area contributed by atoms with E-state index in [4.69, 9.17) is 9.15 Å². The quantitative estimate of drug-likeness (QED) is 0.490. The molecule has 0 bridgehead atoms. The predicted molar refractivity (Wildman–Crippen MR) is 128 cm³/mol. The monoisotopic (exact) mass is 449 g/mol. The van der Waals surface area contributed by atoms with Crippen LogP contribution in [-0.2, 0) is 4.74 Å². The fourth-order valence-corrected chi connectivity index (χ4v) is 4.50. The summed E-state index contributed by atoms with van der Waals surface area (Å²) < 4.78 is 12.3. The normalized spacial score (nSPS) is 14.0. The van der Waals surface area contributed by atoms with Crippen LogP contribution in [-0.4, -0.2) is 50.4 Å². The smallest absolute Gasteiger partial charge is 0.229 e. The van der Waals surface area contributed by atoms with Gasteiger partial charge in [-0.25, -0.2) is 4.98 Å². The molecule has 0 saturated carbocycles. The van der Waals surface area contributed by atoms with Gasteiger partial charge in [-0.1, -0.05) is 12.1 Å². The van der Waals surface area contributed by atoms with Gasteiger partial charge in [0.25, 0.3) is 0 Å². The van der Waals surface area contributed by atoms with Crippen LogP contribution in [0.5, 0.6) is 0 Å². The molecule has 164 valence electrons. The van der Waals surface area contributed by atoms with Crippen molar-refractivity contribution in [1.82, 2.24) is 9.97 Å². The summed E-state index contributed by atoms with van der Waals surface area (Å²) in [5, 5.41) is 5.21. The highest BCUT2D eigenvalue weighted by Crippen LogP contribution is 2.35. The number of benzene rings is 1. The van der Waals surface area contributed by atoms with Crippen LogP contribution in [0.2, 0.25) is 0 Å². The van der Waals surface area contributed by atoms with Crippen molar-refractivity contribution in [2.75, 3.05) is 55.5 Å². The van der Waals surface area contributed by atoms with E-state index in [9.17, 15) is 4.79 Å². The lowest BCUT2D eigenvalue weighted by Crippen LogP contribution is -2.36. The Bertz CT molecular complexity index is 1290. The Kier molecular flexibility index (Phi) is 5.50. The van der Waals surface area contributed by atoms with Gasteiger partial charge in [0.05, 0.1) is 13.2 Å². The molecule has 1 aromatic carbocycles. The number of anilines is 4. The molecule has 0 unspecified atom stereocenters. The molecule has 32 heavy (non-hydrogen) atoms. The molecule has 0 spiro atoms. The Balaban J connectivity index is 1.43. The first-order valence-electron chi connectivity index (χ1n) is 10.3. The first kappa shape index (κ1) is 20.5. The first-order chi connectivity index (χ1) is 15.6. The zero-order valence-electron chi connectivity index (χ0n) is 17.9. The van der Waals surface area contributed by atoms with Crippen LogP contribution >= 0.6 is 11.3 Å². The maximum Gasteiger partial charge on any atom is 0.229 e. The summed E-state index contributed by atoms with van der Waals surface area (Å²) in [7, 11) is 3.88. The van der Waals surface area contributed by atoms with Gasteiger partial charge in [-0.15, -0.1) is 11.3 Å². The van der Waals surface area contributed by atoms with Crippen LogP contribution in [0, 0.1) is 0 Å². The zero-order chi connectivity index (χ0) is 22.1. The minimum Gasteiger partial charge on any atom is -0.439 e. The zero-order valence-corrected chi connectivity index (χ0v) is 18.7. The summed E-state index contributed by atoms with van der Waals surface area (Å²) in [6.45, 7) is 2.69. The third-order valence-electron chi connectivity index (χ3n) is 5.30. The molecule has 1 aliphatic rings. The lowest BCUT2D eigenvalue weighted by atomic mass is 10.1. The SMILES string of the molecule is CN(C)c1ccnc(Nc2ccc(-c3csc4c(=O)cc(N5CCOCC5)oc34)cc2)n1. The topological polar surface area (TPSA) is 83.7 Å². The van der Waals surface area contributed by atoms with Crippen molar-refractivity contribution in [1.29, 1.82) is 0 Å². The number of rotatable bonds is 5. The second kappa shape index (κ2) is 8.60. The number of nitrogens with one attached hydrogen (secondary N) is 1. The van der Waals surface area contributed by atoms with Gasteiger partial charge in [-0.2, -0.15) is 4.98 Å². The second-order valence-corrected chi connectivity index (χ2v) is 8.57. The standard InChI is InChI=1S/C23H23N5O3S/c1-27(2)19-7-8-24-23(26-19)25-16-5-3-15(4-6-16)17-14-32-22-18(29)13-20(31-21(17)22)28-9-11-30-12-10-28/h3-8,13-14H,9-12H2,1-2H3,(H,24,25,26). The summed E-state index contributed by atoms with van der Waals surface area (Å²) in [4.78, 5) is 25.4. The molecule has 0 radical (unpaired) electrons. The number of hydrogen-bond acceptors (Lipinski definition) is 9. The minimum absolute atomic E-state index is 0.0137. The van der Waals surface area contributed by atoms with Gasteiger partial charge in [0.1, 0.15) is 10.5 Å². The molecule has 1 fully saturated rings. The molecule has 0 amide bonds. The van der Waals surface area contributed by atoms with Crippen LogP contribution in [0.15, 0.2) is 57.2 Å². The summed E-state index contributed by atoms with van der Waals surface area (Å²) >= 11 is 1.41. The summed E-state index contributed by atoms with van der Waals surface area (Å²) in [6.07, 6.45) is 1.73. The van der Waals surface area contributed by atoms with Crippen LogP contribution in [0.4, 0.5) is 23.3 Å². The number of fused-ring (bicyclic) bond motifs is 1. The molecule has 4 aromatic rings. The van der Waals surface area contributed by atoms with Gasteiger partial charge in [0, 0.05) is 56.1 Å². The van der Waals surface area contributed by atoms with Crippen LogP contribution < -0.4 is 20.5 Å². The van der Waals surface area contributed by atoms with Crippen molar-refractivity contribution in [2.45, 2.75) is 0 Å². The third kappa shape index (κ3) is 4.04. The highest BCUT2D eigenvalue weighted by molar-refractivity contribution is 7.17. The van der Waals surface area contributed by atoms with Crippen LogP contribution in [0.25, 0.3) is 21.4 Å². The van der Waals surface area contributed by atoms with E-state index in [1.54, 1.807) is 12.3 Å². The van der Waals surface area contributed by atoms with Crippen molar-refractivity contribution in [2.24, 2.45) is 0 Å². The molecular weight excluding hydrogens is 426 g/mol. The molecule has 8 nitrogen and oxygen atoms in total. The number of nitrogens with zero attached hydrogens (tertiary/aromatic N) is 4. The largest absolute Gasteiger partial charge is 0.439 e. The van der Waals surface area contributed by atoms with Crippen molar-refractivity contribution < 1.29 is 9.15 Å². The van der Waals surface area contributed by atoms with Gasteiger partial charge in [0.2, 0.25) is 11.4 Å². The molecule has 5 rings (SSSR count). The van der Waals surface area contributed by atoms with Gasteiger partial charge in [0.15, 0.2) is 11.5 Å². The minimum atomic E-state index is -0.0137. The highest BCUT2D eigenvalue weighted by atomic mass is 32.1. The Labute approximate surface area is 189 Å². The molecule has 0 atom stereocenters.